The smallest absolute Gasteiger partial charge is 0.240 e. The number of amides is 1. The van der Waals surface area contributed by atoms with Gasteiger partial charge in [-0.05, 0) is 44.5 Å². The van der Waals surface area contributed by atoms with Crippen molar-refractivity contribution in [2.45, 2.75) is 32.1 Å². The summed E-state index contributed by atoms with van der Waals surface area (Å²) in [6, 6.07) is 10.4. The van der Waals surface area contributed by atoms with Crippen molar-refractivity contribution in [1.82, 2.24) is 9.71 Å². The number of hydrogen-bond acceptors (Lipinski definition) is 4. The number of rotatable bonds is 6. The van der Waals surface area contributed by atoms with E-state index in [4.69, 9.17) is 0 Å². The molecule has 1 aromatic carbocycles. The van der Waals surface area contributed by atoms with Gasteiger partial charge in [0.1, 0.15) is 5.82 Å². The van der Waals surface area contributed by atoms with Crippen LogP contribution in [0.2, 0.25) is 0 Å². The molecule has 0 atom stereocenters. The van der Waals surface area contributed by atoms with Crippen molar-refractivity contribution in [2.75, 3.05) is 11.9 Å². The third kappa shape index (κ3) is 4.87. The van der Waals surface area contributed by atoms with Crippen LogP contribution in [-0.2, 0) is 14.8 Å². The number of nitrogens with one attached hydrogen (secondary N) is 2. The number of benzene rings is 1. The van der Waals surface area contributed by atoms with Crippen LogP contribution in [0.5, 0.6) is 0 Å². The minimum Gasteiger partial charge on any atom is -0.311 e. The van der Waals surface area contributed by atoms with E-state index >= 15 is 0 Å². The van der Waals surface area contributed by atoms with Crippen LogP contribution >= 0.6 is 0 Å². The Morgan fingerprint density at radius 3 is 2.54 bits per heavy atom. The van der Waals surface area contributed by atoms with E-state index in [1.807, 2.05) is 26.0 Å². The van der Waals surface area contributed by atoms with E-state index in [2.05, 4.69) is 15.0 Å². The van der Waals surface area contributed by atoms with E-state index in [-0.39, 0.29) is 23.8 Å². The van der Waals surface area contributed by atoms with Crippen LogP contribution in [0.3, 0.4) is 0 Å². The Kier molecular flexibility index (Phi) is 5.69. The van der Waals surface area contributed by atoms with Gasteiger partial charge in [0.05, 0.1) is 4.90 Å². The summed E-state index contributed by atoms with van der Waals surface area (Å²) < 4.78 is 27.0. The van der Waals surface area contributed by atoms with Crippen molar-refractivity contribution in [3.8, 4) is 0 Å². The van der Waals surface area contributed by atoms with Crippen molar-refractivity contribution < 1.29 is 13.2 Å². The topological polar surface area (TPSA) is 88.2 Å². The zero-order valence-electron chi connectivity index (χ0n) is 14.0. The van der Waals surface area contributed by atoms with E-state index < -0.39 is 10.0 Å². The number of carbonyl (C=O) groups excluding carboxylic acids is 1. The summed E-state index contributed by atoms with van der Waals surface area (Å²) in [6.45, 7) is 5.50. The van der Waals surface area contributed by atoms with Crippen LogP contribution in [-0.4, -0.2) is 25.9 Å². The highest BCUT2D eigenvalue weighted by Crippen LogP contribution is 2.16. The predicted molar refractivity (Wildman–Crippen MR) is 93.3 cm³/mol. The molecule has 0 aliphatic rings. The molecule has 0 bridgehead atoms. The lowest BCUT2D eigenvalue weighted by Gasteiger charge is -2.10. The summed E-state index contributed by atoms with van der Waals surface area (Å²) in [4.78, 5) is 16.3. The Balaban J connectivity index is 1.92. The van der Waals surface area contributed by atoms with Crippen LogP contribution in [0, 0.1) is 20.8 Å². The van der Waals surface area contributed by atoms with Crippen molar-refractivity contribution in [1.29, 1.82) is 0 Å². The highest BCUT2D eigenvalue weighted by atomic mass is 32.2. The molecule has 0 saturated heterocycles. The average Bonchev–Trinajstić information content (AvgIpc) is 2.46. The quantitative estimate of drug-likeness (QED) is 0.839. The molecule has 7 heteroatoms. The SMILES string of the molecule is Cc1ccc(S(=O)(=O)NCCC(=O)Nc2cccc(C)n2)c(C)c1. The molecule has 0 aliphatic heterocycles. The Morgan fingerprint density at radius 1 is 1.12 bits per heavy atom. The van der Waals surface area contributed by atoms with Crippen molar-refractivity contribution in [2.24, 2.45) is 0 Å². The van der Waals surface area contributed by atoms with Crippen LogP contribution in [0.25, 0.3) is 0 Å². The molecule has 0 fully saturated rings. The summed E-state index contributed by atoms with van der Waals surface area (Å²) in [7, 11) is -3.63. The van der Waals surface area contributed by atoms with E-state index in [1.54, 1.807) is 31.2 Å². The summed E-state index contributed by atoms with van der Waals surface area (Å²) >= 11 is 0. The minimum atomic E-state index is -3.63. The van der Waals surface area contributed by atoms with Crippen LogP contribution in [0.4, 0.5) is 5.82 Å². The van der Waals surface area contributed by atoms with E-state index in [0.29, 0.717) is 11.4 Å². The second-order valence-corrected chi connectivity index (χ2v) is 7.36. The van der Waals surface area contributed by atoms with Crippen molar-refractivity contribution in [3.63, 3.8) is 0 Å². The molecule has 2 N–H and O–H groups in total. The van der Waals surface area contributed by atoms with Gasteiger partial charge in [-0.1, -0.05) is 23.8 Å². The fourth-order valence-electron chi connectivity index (χ4n) is 2.30. The third-order valence-corrected chi connectivity index (χ3v) is 5.04. The molecule has 1 aromatic heterocycles. The van der Waals surface area contributed by atoms with Crippen LogP contribution in [0.1, 0.15) is 23.2 Å². The molecule has 0 radical (unpaired) electrons. The standard InChI is InChI=1S/C17H21N3O3S/c1-12-7-8-15(13(2)11-12)24(22,23)18-10-9-17(21)20-16-6-4-5-14(3)19-16/h4-8,11,18H,9-10H2,1-3H3,(H,19,20,21). The molecule has 6 nitrogen and oxygen atoms in total. The molecule has 128 valence electrons. The normalized spacial score (nSPS) is 11.3. The molecular weight excluding hydrogens is 326 g/mol. The van der Waals surface area contributed by atoms with Gasteiger partial charge in [-0.3, -0.25) is 4.79 Å². The molecule has 1 amide bonds. The number of aromatic nitrogens is 1. The number of anilines is 1. The molecule has 0 aliphatic carbocycles. The van der Waals surface area contributed by atoms with Gasteiger partial charge in [-0.2, -0.15) is 0 Å². The summed E-state index contributed by atoms with van der Waals surface area (Å²) in [5.74, 6) is 0.161. The lowest BCUT2D eigenvalue weighted by atomic mass is 10.2. The van der Waals surface area contributed by atoms with E-state index in [9.17, 15) is 13.2 Å². The first-order valence-electron chi connectivity index (χ1n) is 7.58. The molecule has 1 heterocycles. The largest absolute Gasteiger partial charge is 0.311 e. The van der Waals surface area contributed by atoms with E-state index in [1.165, 1.54) is 0 Å². The van der Waals surface area contributed by atoms with Gasteiger partial charge in [0.15, 0.2) is 0 Å². The lowest BCUT2D eigenvalue weighted by molar-refractivity contribution is -0.116. The van der Waals surface area contributed by atoms with Gasteiger partial charge in [0, 0.05) is 18.7 Å². The highest BCUT2D eigenvalue weighted by Gasteiger charge is 2.16. The monoisotopic (exact) mass is 347 g/mol. The Hall–Kier alpha value is -2.25. The van der Waals surface area contributed by atoms with Gasteiger partial charge in [-0.15, -0.1) is 0 Å². The Bertz CT molecular complexity index is 848. The number of nitrogens with zero attached hydrogens (tertiary/aromatic N) is 1. The lowest BCUT2D eigenvalue weighted by Crippen LogP contribution is -2.28. The molecule has 0 spiro atoms. The van der Waals surface area contributed by atoms with Gasteiger partial charge in [-0.25, -0.2) is 18.1 Å². The number of sulfonamides is 1. The minimum absolute atomic E-state index is 0.0211. The van der Waals surface area contributed by atoms with Crippen molar-refractivity contribution in [3.05, 3.63) is 53.2 Å². The fourth-order valence-corrected chi connectivity index (χ4v) is 3.55. The van der Waals surface area contributed by atoms with Gasteiger partial charge in [0.2, 0.25) is 15.9 Å². The zero-order valence-corrected chi connectivity index (χ0v) is 14.8. The highest BCUT2D eigenvalue weighted by molar-refractivity contribution is 7.89. The third-order valence-electron chi connectivity index (χ3n) is 3.42. The van der Waals surface area contributed by atoms with E-state index in [0.717, 1.165) is 11.3 Å². The summed E-state index contributed by atoms with van der Waals surface area (Å²) in [6.07, 6.45) is 0.0275. The number of pyridine rings is 1. The van der Waals surface area contributed by atoms with Gasteiger partial charge in [0.25, 0.3) is 0 Å². The summed E-state index contributed by atoms with van der Waals surface area (Å²) in [5.41, 5.74) is 2.47. The molecule has 2 aromatic rings. The Morgan fingerprint density at radius 2 is 1.88 bits per heavy atom. The first kappa shape index (κ1) is 18.1. The maximum atomic E-state index is 12.3. The second kappa shape index (κ2) is 7.55. The first-order chi connectivity index (χ1) is 11.3. The number of aryl methyl sites for hydroxylation is 3. The predicted octanol–water partition coefficient (Wildman–Crippen LogP) is 2.31. The maximum absolute atomic E-state index is 12.3. The Labute approximate surface area is 142 Å². The van der Waals surface area contributed by atoms with Crippen LogP contribution < -0.4 is 10.0 Å². The molecule has 0 saturated carbocycles. The molecule has 0 unspecified atom stereocenters. The molecular formula is C17H21N3O3S. The first-order valence-corrected chi connectivity index (χ1v) is 9.07. The number of carbonyl (C=O) groups is 1. The zero-order chi connectivity index (χ0) is 17.7. The number of hydrogen-bond donors (Lipinski definition) is 2. The van der Waals surface area contributed by atoms with Crippen molar-refractivity contribution >= 4 is 21.7 Å². The molecule has 24 heavy (non-hydrogen) atoms. The maximum Gasteiger partial charge on any atom is 0.240 e. The summed E-state index contributed by atoms with van der Waals surface area (Å²) in [5, 5.41) is 2.64. The second-order valence-electron chi connectivity index (χ2n) is 5.63. The fraction of sp³-hybridized carbons (Fsp3) is 0.294. The van der Waals surface area contributed by atoms with Gasteiger partial charge >= 0.3 is 0 Å². The molecule has 2 rings (SSSR count). The average molecular weight is 347 g/mol. The van der Waals surface area contributed by atoms with Gasteiger partial charge < -0.3 is 5.32 Å². The van der Waals surface area contributed by atoms with Crippen LogP contribution in [0.15, 0.2) is 41.3 Å².